The number of carbonyl (C=O) groups excluding carboxylic acids is 3. The van der Waals surface area contributed by atoms with Gasteiger partial charge in [-0.3, -0.25) is 19.8 Å². The molecule has 144 valence electrons. The molecule has 0 bridgehead atoms. The Morgan fingerprint density at radius 3 is 2.16 bits per heavy atom. The van der Waals surface area contributed by atoms with Crippen molar-refractivity contribution in [2.45, 2.75) is 58.4 Å². The van der Waals surface area contributed by atoms with Gasteiger partial charge in [0.15, 0.2) is 0 Å². The van der Waals surface area contributed by atoms with Crippen LogP contribution in [0.4, 0.5) is 0 Å². The summed E-state index contributed by atoms with van der Waals surface area (Å²) in [4.78, 5) is 36.9. The number of Topliss-reactive ketones (excluding diaryl/α,β-unsaturated/α-hetero) is 1. The molecule has 0 aliphatic heterocycles. The number of hydrogen-bond donors (Lipinski definition) is 2. The molecule has 0 radical (unpaired) electrons. The molecule has 1 saturated carbocycles. The van der Waals surface area contributed by atoms with Crippen molar-refractivity contribution in [3.8, 4) is 0 Å². The van der Waals surface area contributed by atoms with Gasteiger partial charge in [-0.25, -0.2) is 8.42 Å². The first kappa shape index (κ1) is 21.6. The minimum atomic E-state index is -3.66. The van der Waals surface area contributed by atoms with Gasteiger partial charge in [0.2, 0.25) is 21.7 Å². The molecule has 25 heavy (non-hydrogen) atoms. The summed E-state index contributed by atoms with van der Waals surface area (Å²) in [5.41, 5.74) is 2.03. The van der Waals surface area contributed by atoms with Crippen LogP contribution in [-0.4, -0.2) is 49.8 Å². The zero-order valence-corrected chi connectivity index (χ0v) is 16.2. The van der Waals surface area contributed by atoms with Gasteiger partial charge in [0.1, 0.15) is 0 Å². The highest BCUT2D eigenvalue weighted by molar-refractivity contribution is 7.88. The number of nitrogens with zero attached hydrogens (tertiary/aromatic N) is 1. The van der Waals surface area contributed by atoms with E-state index in [-0.39, 0.29) is 17.7 Å². The van der Waals surface area contributed by atoms with Gasteiger partial charge in [0.05, 0.1) is 12.3 Å². The van der Waals surface area contributed by atoms with E-state index >= 15 is 0 Å². The predicted molar refractivity (Wildman–Crippen MR) is 93.7 cm³/mol. The van der Waals surface area contributed by atoms with Crippen molar-refractivity contribution in [2.75, 3.05) is 13.3 Å². The molecule has 0 heterocycles. The summed E-state index contributed by atoms with van der Waals surface area (Å²) in [5, 5.41) is 2.69. The van der Waals surface area contributed by atoms with Crippen LogP contribution in [0.5, 0.6) is 0 Å². The second-order valence-corrected chi connectivity index (χ2v) is 9.08. The SMILES string of the molecule is CC(C)CC(NC(=O)C1CCCCC1)C(=O)C(=O)NN(C)S(C)(=O)=O. The largest absolute Gasteiger partial charge is 0.345 e. The second kappa shape index (κ2) is 9.28. The molecule has 0 aromatic heterocycles. The molecule has 1 fully saturated rings. The summed E-state index contributed by atoms with van der Waals surface area (Å²) in [6, 6.07) is -0.956. The molecule has 0 saturated heterocycles. The zero-order chi connectivity index (χ0) is 19.2. The maximum absolute atomic E-state index is 12.4. The maximum Gasteiger partial charge on any atom is 0.304 e. The Morgan fingerprint density at radius 1 is 1.12 bits per heavy atom. The number of rotatable bonds is 8. The van der Waals surface area contributed by atoms with Crippen LogP contribution >= 0.6 is 0 Å². The number of nitrogens with one attached hydrogen (secondary N) is 2. The number of amides is 2. The van der Waals surface area contributed by atoms with Gasteiger partial charge in [-0.1, -0.05) is 33.1 Å². The van der Waals surface area contributed by atoms with Crippen LogP contribution in [0.3, 0.4) is 0 Å². The summed E-state index contributed by atoms with van der Waals surface area (Å²) in [6.07, 6.45) is 5.88. The fraction of sp³-hybridized carbons (Fsp3) is 0.812. The number of hydrogen-bond acceptors (Lipinski definition) is 5. The fourth-order valence-electron chi connectivity index (χ4n) is 2.80. The Bertz CT molecular complexity index is 597. The predicted octanol–water partition coefficient (Wildman–Crippen LogP) is 0.589. The molecular weight excluding hydrogens is 346 g/mol. The van der Waals surface area contributed by atoms with Gasteiger partial charge < -0.3 is 5.32 Å². The minimum Gasteiger partial charge on any atom is -0.345 e. The lowest BCUT2D eigenvalue weighted by Crippen LogP contribution is -2.53. The molecule has 0 spiro atoms. The van der Waals surface area contributed by atoms with E-state index in [4.69, 9.17) is 0 Å². The number of ketones is 1. The lowest BCUT2D eigenvalue weighted by atomic mass is 9.88. The molecule has 2 amide bonds. The smallest absolute Gasteiger partial charge is 0.304 e. The Morgan fingerprint density at radius 2 is 1.68 bits per heavy atom. The lowest BCUT2D eigenvalue weighted by molar-refractivity contribution is -0.142. The standard InChI is InChI=1S/C16H29N3O5S/c1-11(2)10-13(17-15(21)12-8-6-5-7-9-12)14(20)16(22)18-19(3)25(4,23)24/h11-13H,5-10H2,1-4H3,(H,17,21)(H,18,22). The zero-order valence-electron chi connectivity index (χ0n) is 15.4. The maximum atomic E-state index is 12.4. The molecule has 9 heteroatoms. The van der Waals surface area contributed by atoms with Crippen molar-refractivity contribution in [3.05, 3.63) is 0 Å². The molecule has 1 aliphatic carbocycles. The molecule has 1 unspecified atom stereocenters. The third kappa shape index (κ3) is 7.11. The molecule has 1 rings (SSSR count). The van der Waals surface area contributed by atoms with Crippen LogP contribution in [0.2, 0.25) is 0 Å². The third-order valence-electron chi connectivity index (χ3n) is 4.30. The number of hydrazine groups is 1. The molecule has 0 aromatic carbocycles. The van der Waals surface area contributed by atoms with Crippen molar-refractivity contribution in [1.29, 1.82) is 0 Å². The van der Waals surface area contributed by atoms with Crippen LogP contribution < -0.4 is 10.7 Å². The van der Waals surface area contributed by atoms with Crippen molar-refractivity contribution >= 4 is 27.6 Å². The van der Waals surface area contributed by atoms with E-state index in [1.54, 1.807) is 0 Å². The average molecular weight is 375 g/mol. The van der Waals surface area contributed by atoms with Gasteiger partial charge in [-0.05, 0) is 25.2 Å². The summed E-state index contributed by atoms with van der Waals surface area (Å²) < 4.78 is 23.3. The van der Waals surface area contributed by atoms with Gasteiger partial charge in [-0.15, -0.1) is 4.41 Å². The second-order valence-electron chi connectivity index (χ2n) is 7.06. The number of carbonyl (C=O) groups is 3. The molecular formula is C16H29N3O5S. The topological polar surface area (TPSA) is 113 Å². The van der Waals surface area contributed by atoms with E-state index in [1.807, 2.05) is 19.3 Å². The summed E-state index contributed by atoms with van der Waals surface area (Å²) >= 11 is 0. The molecule has 8 nitrogen and oxygen atoms in total. The highest BCUT2D eigenvalue weighted by Gasteiger charge is 2.31. The lowest BCUT2D eigenvalue weighted by Gasteiger charge is -2.25. The van der Waals surface area contributed by atoms with E-state index in [9.17, 15) is 22.8 Å². The van der Waals surface area contributed by atoms with Gasteiger partial charge in [0.25, 0.3) is 0 Å². The molecule has 1 atom stereocenters. The first-order valence-electron chi connectivity index (χ1n) is 8.61. The van der Waals surface area contributed by atoms with Crippen LogP contribution in [-0.2, 0) is 24.4 Å². The van der Waals surface area contributed by atoms with Crippen molar-refractivity contribution in [1.82, 2.24) is 15.2 Å². The molecule has 0 aromatic rings. The van der Waals surface area contributed by atoms with Crippen LogP contribution in [0.25, 0.3) is 0 Å². The normalized spacial score (nSPS) is 17.4. The minimum absolute atomic E-state index is 0.0843. The summed E-state index contributed by atoms with van der Waals surface area (Å²) in [6.45, 7) is 3.77. The quantitative estimate of drug-likeness (QED) is 0.476. The van der Waals surface area contributed by atoms with E-state index in [1.165, 1.54) is 0 Å². The summed E-state index contributed by atoms with van der Waals surface area (Å²) in [5.74, 6) is -2.14. The van der Waals surface area contributed by atoms with E-state index in [2.05, 4.69) is 5.32 Å². The highest BCUT2D eigenvalue weighted by atomic mass is 32.2. The van der Waals surface area contributed by atoms with Gasteiger partial charge >= 0.3 is 5.91 Å². The van der Waals surface area contributed by atoms with Gasteiger partial charge in [-0.2, -0.15) is 0 Å². The van der Waals surface area contributed by atoms with Crippen molar-refractivity contribution in [3.63, 3.8) is 0 Å². The fourth-order valence-corrected chi connectivity index (χ4v) is 3.05. The average Bonchev–Trinajstić information content (AvgIpc) is 2.52. The van der Waals surface area contributed by atoms with E-state index in [0.717, 1.165) is 45.4 Å². The molecule has 1 aliphatic rings. The van der Waals surface area contributed by atoms with Crippen LogP contribution in [0.1, 0.15) is 52.4 Å². The summed E-state index contributed by atoms with van der Waals surface area (Å²) in [7, 11) is -2.52. The van der Waals surface area contributed by atoms with Crippen molar-refractivity contribution < 1.29 is 22.8 Å². The first-order valence-corrected chi connectivity index (χ1v) is 10.5. The Labute approximate surface area is 149 Å². The Kier molecular flexibility index (Phi) is 8.01. The Balaban J connectivity index is 2.77. The monoisotopic (exact) mass is 375 g/mol. The third-order valence-corrected chi connectivity index (χ3v) is 5.38. The van der Waals surface area contributed by atoms with E-state index in [0.29, 0.717) is 10.8 Å². The van der Waals surface area contributed by atoms with E-state index < -0.39 is 27.8 Å². The van der Waals surface area contributed by atoms with Crippen molar-refractivity contribution in [2.24, 2.45) is 11.8 Å². The molecule has 2 N–H and O–H groups in total. The first-order chi connectivity index (χ1) is 11.5. The van der Waals surface area contributed by atoms with Crippen LogP contribution in [0.15, 0.2) is 0 Å². The van der Waals surface area contributed by atoms with Crippen LogP contribution in [0, 0.1) is 11.8 Å². The Hall–Kier alpha value is -1.48. The highest BCUT2D eigenvalue weighted by Crippen LogP contribution is 2.24. The number of sulfonamides is 1. The van der Waals surface area contributed by atoms with Gasteiger partial charge in [0, 0.05) is 13.0 Å².